The lowest BCUT2D eigenvalue weighted by atomic mass is 9.96. The molecule has 0 bridgehead atoms. The molecular weight excluding hydrogens is 370 g/mol. The van der Waals surface area contributed by atoms with E-state index in [4.69, 9.17) is 0 Å². The van der Waals surface area contributed by atoms with Gasteiger partial charge in [-0.25, -0.2) is 4.39 Å². The highest BCUT2D eigenvalue weighted by molar-refractivity contribution is 6.20. The molecule has 0 saturated heterocycles. The molecule has 0 aliphatic carbocycles. The summed E-state index contributed by atoms with van der Waals surface area (Å²) in [7, 11) is 0. The highest BCUT2D eigenvalue weighted by Gasteiger charge is 2.31. The molecule has 140 valence electrons. The molecule has 1 N–H and O–H groups in total. The van der Waals surface area contributed by atoms with Crippen molar-refractivity contribution in [3.63, 3.8) is 0 Å². The molecule has 28 heavy (non-hydrogen) atoms. The molecule has 0 aliphatic rings. The zero-order valence-electron chi connectivity index (χ0n) is 14.3. The maximum Gasteiger partial charge on any atom is 0.416 e. The van der Waals surface area contributed by atoms with E-state index in [2.05, 4.69) is 4.98 Å². The molecule has 4 aromatic rings. The van der Waals surface area contributed by atoms with Crippen LogP contribution in [0.5, 0.6) is 0 Å². The van der Waals surface area contributed by atoms with E-state index in [1.807, 2.05) is 0 Å². The largest absolute Gasteiger partial charge is 0.416 e. The summed E-state index contributed by atoms with van der Waals surface area (Å²) in [5.41, 5.74) is 0.747. The van der Waals surface area contributed by atoms with Gasteiger partial charge in [0.15, 0.2) is 5.78 Å². The molecule has 0 spiro atoms. The van der Waals surface area contributed by atoms with Crippen molar-refractivity contribution in [2.75, 3.05) is 0 Å². The highest BCUT2D eigenvalue weighted by atomic mass is 19.4. The van der Waals surface area contributed by atoms with E-state index in [0.29, 0.717) is 22.2 Å². The number of H-pyrrole nitrogens is 1. The van der Waals surface area contributed by atoms with Gasteiger partial charge in [-0.1, -0.05) is 42.5 Å². The van der Waals surface area contributed by atoms with Crippen LogP contribution in [0.1, 0.15) is 21.5 Å². The van der Waals surface area contributed by atoms with Crippen LogP contribution in [0.4, 0.5) is 17.6 Å². The second-order valence-electron chi connectivity index (χ2n) is 6.34. The fraction of sp³-hybridized carbons (Fsp3) is 0.0455. The molecule has 0 amide bonds. The first-order valence-corrected chi connectivity index (χ1v) is 8.43. The lowest BCUT2D eigenvalue weighted by molar-refractivity contribution is -0.137. The highest BCUT2D eigenvalue weighted by Crippen LogP contribution is 2.34. The fourth-order valence-corrected chi connectivity index (χ4v) is 3.20. The topological polar surface area (TPSA) is 32.9 Å². The molecule has 3 aromatic carbocycles. The summed E-state index contributed by atoms with van der Waals surface area (Å²) >= 11 is 0. The number of alkyl halides is 3. The number of aromatic amines is 1. The predicted molar refractivity (Wildman–Crippen MR) is 98.6 cm³/mol. The van der Waals surface area contributed by atoms with Crippen molar-refractivity contribution in [1.29, 1.82) is 0 Å². The van der Waals surface area contributed by atoms with Gasteiger partial charge in [-0.15, -0.1) is 0 Å². The standard InChI is InChI=1S/C22H13F4NO/c23-16-9-10-18-17(12-16)19(20(27-18)13-5-2-1-3-6-13)21(28)14-7-4-8-15(11-14)22(24,25)26/h1-12,27H. The maximum absolute atomic E-state index is 13.8. The fourth-order valence-electron chi connectivity index (χ4n) is 3.20. The molecule has 0 unspecified atom stereocenters. The molecule has 0 fully saturated rings. The predicted octanol–water partition coefficient (Wildman–Crippen LogP) is 6.22. The molecule has 0 saturated carbocycles. The summed E-state index contributed by atoms with van der Waals surface area (Å²) in [4.78, 5) is 16.3. The van der Waals surface area contributed by atoms with Crippen LogP contribution in [0.2, 0.25) is 0 Å². The zero-order valence-corrected chi connectivity index (χ0v) is 14.3. The summed E-state index contributed by atoms with van der Waals surface area (Å²) < 4.78 is 53.0. The third-order valence-corrected chi connectivity index (χ3v) is 4.50. The van der Waals surface area contributed by atoms with Gasteiger partial charge in [0, 0.05) is 16.5 Å². The molecule has 6 heteroatoms. The average molecular weight is 383 g/mol. The monoisotopic (exact) mass is 383 g/mol. The van der Waals surface area contributed by atoms with E-state index in [9.17, 15) is 22.4 Å². The number of hydrogen-bond acceptors (Lipinski definition) is 1. The van der Waals surface area contributed by atoms with Crippen LogP contribution < -0.4 is 0 Å². The number of carbonyl (C=O) groups excluding carboxylic acids is 1. The Morgan fingerprint density at radius 1 is 0.857 bits per heavy atom. The van der Waals surface area contributed by atoms with Crippen LogP contribution in [-0.4, -0.2) is 10.8 Å². The Hall–Kier alpha value is -3.41. The molecular formula is C22H13F4NO. The minimum absolute atomic E-state index is 0.114. The van der Waals surface area contributed by atoms with E-state index in [1.54, 1.807) is 30.3 Å². The maximum atomic E-state index is 13.8. The Kier molecular flexibility index (Phi) is 4.26. The van der Waals surface area contributed by atoms with Gasteiger partial charge in [0.25, 0.3) is 0 Å². The Balaban J connectivity index is 1.95. The first-order chi connectivity index (χ1) is 13.3. The summed E-state index contributed by atoms with van der Waals surface area (Å²) in [5.74, 6) is -1.15. The van der Waals surface area contributed by atoms with E-state index >= 15 is 0 Å². The van der Waals surface area contributed by atoms with Gasteiger partial charge in [-0.3, -0.25) is 4.79 Å². The first kappa shape index (κ1) is 18.0. The number of aromatic nitrogens is 1. The molecule has 0 atom stereocenters. The van der Waals surface area contributed by atoms with Crippen molar-refractivity contribution in [2.45, 2.75) is 6.18 Å². The zero-order chi connectivity index (χ0) is 19.9. The summed E-state index contributed by atoms with van der Waals surface area (Å²) in [5, 5.41) is 0.321. The van der Waals surface area contributed by atoms with Crippen LogP contribution in [0.25, 0.3) is 22.2 Å². The molecule has 0 radical (unpaired) electrons. The summed E-state index contributed by atoms with van der Waals surface area (Å²) in [6.07, 6.45) is -4.56. The number of hydrogen-bond donors (Lipinski definition) is 1. The number of fused-ring (bicyclic) bond motifs is 1. The average Bonchev–Trinajstić information content (AvgIpc) is 3.06. The SMILES string of the molecule is O=C(c1cccc(C(F)(F)F)c1)c1c(-c2ccccc2)[nH]c2ccc(F)cc12. The Labute approximate surface area is 157 Å². The van der Waals surface area contributed by atoms with E-state index in [1.165, 1.54) is 30.3 Å². The molecule has 1 heterocycles. The van der Waals surface area contributed by atoms with Crippen molar-refractivity contribution in [3.8, 4) is 11.3 Å². The number of carbonyl (C=O) groups is 1. The molecule has 0 aliphatic heterocycles. The first-order valence-electron chi connectivity index (χ1n) is 8.43. The van der Waals surface area contributed by atoms with Gasteiger partial charge in [0.1, 0.15) is 5.82 Å². The van der Waals surface area contributed by atoms with Gasteiger partial charge >= 0.3 is 6.18 Å². The lowest BCUT2D eigenvalue weighted by Gasteiger charge is -2.09. The van der Waals surface area contributed by atoms with Crippen molar-refractivity contribution in [2.24, 2.45) is 0 Å². The van der Waals surface area contributed by atoms with Crippen molar-refractivity contribution in [3.05, 3.63) is 95.3 Å². The third kappa shape index (κ3) is 3.17. The van der Waals surface area contributed by atoms with Gasteiger partial charge < -0.3 is 4.98 Å². The minimum atomic E-state index is -4.56. The van der Waals surface area contributed by atoms with Crippen molar-refractivity contribution >= 4 is 16.7 Å². The Morgan fingerprint density at radius 2 is 1.61 bits per heavy atom. The van der Waals surface area contributed by atoms with E-state index in [0.717, 1.165) is 12.1 Å². The normalized spacial score (nSPS) is 11.7. The second kappa shape index (κ2) is 6.64. The number of benzene rings is 3. The van der Waals surface area contributed by atoms with Crippen LogP contribution in [-0.2, 0) is 6.18 Å². The lowest BCUT2D eigenvalue weighted by Crippen LogP contribution is -2.08. The summed E-state index contributed by atoms with van der Waals surface area (Å²) in [6.45, 7) is 0. The third-order valence-electron chi connectivity index (χ3n) is 4.50. The van der Waals surface area contributed by atoms with Crippen molar-refractivity contribution in [1.82, 2.24) is 4.98 Å². The quantitative estimate of drug-likeness (QED) is 0.330. The number of ketones is 1. The van der Waals surface area contributed by atoms with Gasteiger partial charge in [-0.05, 0) is 35.9 Å². The number of nitrogens with one attached hydrogen (secondary N) is 1. The van der Waals surface area contributed by atoms with E-state index < -0.39 is 23.3 Å². The van der Waals surface area contributed by atoms with Crippen LogP contribution >= 0.6 is 0 Å². The Bertz CT molecular complexity index is 1180. The van der Waals surface area contributed by atoms with Crippen molar-refractivity contribution < 1.29 is 22.4 Å². The van der Waals surface area contributed by atoms with Crippen LogP contribution in [0, 0.1) is 5.82 Å². The van der Waals surface area contributed by atoms with Crippen LogP contribution in [0.3, 0.4) is 0 Å². The number of rotatable bonds is 3. The Morgan fingerprint density at radius 3 is 2.32 bits per heavy atom. The van der Waals surface area contributed by atoms with Gasteiger partial charge in [-0.2, -0.15) is 13.2 Å². The van der Waals surface area contributed by atoms with Gasteiger partial charge in [0.2, 0.25) is 0 Å². The van der Waals surface area contributed by atoms with Crippen LogP contribution in [0.15, 0.2) is 72.8 Å². The summed E-state index contributed by atoms with van der Waals surface area (Å²) in [6, 6.07) is 17.1. The minimum Gasteiger partial charge on any atom is -0.354 e. The molecule has 4 rings (SSSR count). The van der Waals surface area contributed by atoms with Gasteiger partial charge in [0.05, 0.1) is 16.8 Å². The smallest absolute Gasteiger partial charge is 0.354 e. The van der Waals surface area contributed by atoms with E-state index in [-0.39, 0.29) is 11.1 Å². The molecule has 1 aromatic heterocycles. The molecule has 2 nitrogen and oxygen atoms in total. The second-order valence-corrected chi connectivity index (χ2v) is 6.34. The number of halogens is 4.